The van der Waals surface area contributed by atoms with Crippen LogP contribution in [-0.4, -0.2) is 30.4 Å². The number of amides is 1. The molecule has 0 radical (unpaired) electrons. The van der Waals surface area contributed by atoms with Crippen molar-refractivity contribution >= 4 is 27.5 Å². The van der Waals surface area contributed by atoms with Gasteiger partial charge in [-0.2, -0.15) is 13.2 Å². The van der Waals surface area contributed by atoms with Gasteiger partial charge in [-0.1, -0.05) is 15.9 Å². The first kappa shape index (κ1) is 16.8. The number of nitrogens with one attached hydrogen (secondary N) is 1. The molecule has 0 aliphatic rings. The van der Waals surface area contributed by atoms with Gasteiger partial charge >= 0.3 is 6.18 Å². The number of rotatable bonds is 5. The molecule has 0 atom stereocenters. The van der Waals surface area contributed by atoms with Gasteiger partial charge in [0.25, 0.3) is 0 Å². The van der Waals surface area contributed by atoms with Crippen molar-refractivity contribution < 1.29 is 18.0 Å². The number of anilines is 1. The van der Waals surface area contributed by atoms with E-state index in [9.17, 15) is 18.0 Å². The molecule has 1 aromatic carbocycles. The van der Waals surface area contributed by atoms with Gasteiger partial charge in [0.2, 0.25) is 5.91 Å². The van der Waals surface area contributed by atoms with Gasteiger partial charge in [-0.15, -0.1) is 0 Å². The van der Waals surface area contributed by atoms with E-state index in [2.05, 4.69) is 21.2 Å². The number of alkyl halides is 3. The maximum atomic E-state index is 12.7. The number of halogens is 4. The molecule has 0 aromatic heterocycles. The summed E-state index contributed by atoms with van der Waals surface area (Å²) in [6.45, 7) is 4.82. The number of hydrogen-bond acceptors (Lipinski definition) is 2. The van der Waals surface area contributed by atoms with E-state index >= 15 is 0 Å². The highest BCUT2D eigenvalue weighted by molar-refractivity contribution is 9.10. The first-order valence-corrected chi connectivity index (χ1v) is 6.97. The van der Waals surface area contributed by atoms with E-state index in [0.29, 0.717) is 13.1 Å². The van der Waals surface area contributed by atoms with Crippen LogP contribution in [0.2, 0.25) is 0 Å². The molecule has 1 amide bonds. The maximum absolute atomic E-state index is 12.7. The second kappa shape index (κ2) is 6.97. The zero-order valence-electron chi connectivity index (χ0n) is 11.2. The van der Waals surface area contributed by atoms with Crippen molar-refractivity contribution in [1.29, 1.82) is 0 Å². The van der Waals surface area contributed by atoms with Crippen molar-refractivity contribution in [3.63, 3.8) is 0 Å². The molecule has 112 valence electrons. The van der Waals surface area contributed by atoms with E-state index in [-0.39, 0.29) is 22.6 Å². The second-order valence-corrected chi connectivity index (χ2v) is 4.97. The highest BCUT2D eigenvalue weighted by Crippen LogP contribution is 2.36. The van der Waals surface area contributed by atoms with Crippen LogP contribution in [0.1, 0.15) is 19.4 Å². The van der Waals surface area contributed by atoms with Crippen LogP contribution in [0.15, 0.2) is 22.7 Å². The molecule has 0 aliphatic carbocycles. The summed E-state index contributed by atoms with van der Waals surface area (Å²) in [5, 5.41) is 2.72. The van der Waals surface area contributed by atoms with Crippen LogP contribution >= 0.6 is 15.9 Å². The SMILES string of the molecule is CCN(CC)C(=O)CNc1ccc(Br)c(C(F)(F)F)c1. The average molecular weight is 353 g/mol. The molecule has 0 saturated carbocycles. The van der Waals surface area contributed by atoms with E-state index in [1.807, 2.05) is 13.8 Å². The summed E-state index contributed by atoms with van der Waals surface area (Å²) < 4.78 is 38.2. The van der Waals surface area contributed by atoms with Crippen LogP contribution in [0.25, 0.3) is 0 Å². The van der Waals surface area contributed by atoms with Gasteiger partial charge in [0.1, 0.15) is 0 Å². The summed E-state index contributed by atoms with van der Waals surface area (Å²) in [4.78, 5) is 13.4. The minimum Gasteiger partial charge on any atom is -0.376 e. The van der Waals surface area contributed by atoms with Gasteiger partial charge in [0.15, 0.2) is 0 Å². The highest BCUT2D eigenvalue weighted by atomic mass is 79.9. The van der Waals surface area contributed by atoms with Crippen molar-refractivity contribution in [2.45, 2.75) is 20.0 Å². The molecule has 0 fully saturated rings. The smallest absolute Gasteiger partial charge is 0.376 e. The van der Waals surface area contributed by atoms with Gasteiger partial charge in [-0.25, -0.2) is 0 Å². The highest BCUT2D eigenvalue weighted by Gasteiger charge is 2.33. The Morgan fingerprint density at radius 1 is 1.30 bits per heavy atom. The molecule has 0 aliphatic heterocycles. The van der Waals surface area contributed by atoms with Crippen LogP contribution in [0.5, 0.6) is 0 Å². The molecule has 0 heterocycles. The lowest BCUT2D eigenvalue weighted by Crippen LogP contribution is -2.35. The lowest BCUT2D eigenvalue weighted by molar-refractivity contribution is -0.138. The van der Waals surface area contributed by atoms with Gasteiger partial charge in [-0.05, 0) is 32.0 Å². The Bertz CT molecular complexity index is 473. The van der Waals surface area contributed by atoms with Gasteiger partial charge < -0.3 is 10.2 Å². The fourth-order valence-electron chi connectivity index (χ4n) is 1.72. The van der Waals surface area contributed by atoms with Crippen molar-refractivity contribution in [3.8, 4) is 0 Å². The Balaban J connectivity index is 2.77. The van der Waals surface area contributed by atoms with E-state index in [4.69, 9.17) is 0 Å². The van der Waals surface area contributed by atoms with Gasteiger partial charge in [0.05, 0.1) is 12.1 Å². The third-order valence-electron chi connectivity index (χ3n) is 2.83. The van der Waals surface area contributed by atoms with Crippen molar-refractivity contribution in [2.24, 2.45) is 0 Å². The second-order valence-electron chi connectivity index (χ2n) is 4.11. The molecule has 1 N–H and O–H groups in total. The van der Waals surface area contributed by atoms with Crippen LogP contribution < -0.4 is 5.32 Å². The fraction of sp³-hybridized carbons (Fsp3) is 0.462. The molecule has 1 aromatic rings. The lowest BCUT2D eigenvalue weighted by Gasteiger charge is -2.19. The average Bonchev–Trinajstić information content (AvgIpc) is 2.37. The molecule has 0 saturated heterocycles. The predicted octanol–water partition coefficient (Wildman–Crippen LogP) is 3.75. The topological polar surface area (TPSA) is 32.3 Å². The molecule has 0 unspecified atom stereocenters. The first-order chi connectivity index (χ1) is 9.29. The van der Waals surface area contributed by atoms with E-state index in [1.165, 1.54) is 12.1 Å². The Morgan fingerprint density at radius 2 is 1.90 bits per heavy atom. The summed E-state index contributed by atoms with van der Waals surface area (Å²) in [5.41, 5.74) is -0.501. The van der Waals surface area contributed by atoms with Gasteiger partial charge in [0, 0.05) is 23.2 Å². The number of carbonyl (C=O) groups is 1. The third kappa shape index (κ3) is 4.40. The Hall–Kier alpha value is -1.24. The molecular weight excluding hydrogens is 337 g/mol. The lowest BCUT2D eigenvalue weighted by atomic mass is 10.2. The minimum atomic E-state index is -4.43. The van der Waals surface area contributed by atoms with Crippen molar-refractivity contribution in [3.05, 3.63) is 28.2 Å². The number of carbonyl (C=O) groups excluding carboxylic acids is 1. The number of nitrogens with zero attached hydrogens (tertiary/aromatic N) is 1. The first-order valence-electron chi connectivity index (χ1n) is 6.18. The minimum absolute atomic E-state index is 0.0226. The number of likely N-dealkylation sites (N-methyl/N-ethyl adjacent to an activating group) is 1. The number of benzene rings is 1. The van der Waals surface area contributed by atoms with E-state index in [0.717, 1.165) is 6.07 Å². The molecule has 0 bridgehead atoms. The Kier molecular flexibility index (Phi) is 5.86. The normalized spacial score (nSPS) is 11.3. The van der Waals surface area contributed by atoms with Crippen LogP contribution in [0.3, 0.4) is 0 Å². The molecule has 20 heavy (non-hydrogen) atoms. The van der Waals surface area contributed by atoms with Gasteiger partial charge in [-0.3, -0.25) is 4.79 Å². The maximum Gasteiger partial charge on any atom is 0.417 e. The Morgan fingerprint density at radius 3 is 2.40 bits per heavy atom. The van der Waals surface area contributed by atoms with E-state index in [1.54, 1.807) is 4.90 Å². The number of hydrogen-bond donors (Lipinski definition) is 1. The Labute approximate surface area is 124 Å². The largest absolute Gasteiger partial charge is 0.417 e. The van der Waals surface area contributed by atoms with Crippen LogP contribution in [0, 0.1) is 0 Å². The molecule has 7 heteroatoms. The summed E-state index contributed by atoms with van der Waals surface area (Å²) in [6.07, 6.45) is -4.43. The standard InChI is InChI=1S/C13H16BrF3N2O/c1-3-19(4-2)12(20)8-18-9-5-6-11(14)10(7-9)13(15,16)17/h5-7,18H,3-4,8H2,1-2H3. The molecule has 1 rings (SSSR count). The van der Waals surface area contributed by atoms with E-state index < -0.39 is 11.7 Å². The summed E-state index contributed by atoms with van der Waals surface area (Å²) in [7, 11) is 0. The van der Waals surface area contributed by atoms with Crippen LogP contribution in [0.4, 0.5) is 18.9 Å². The van der Waals surface area contributed by atoms with Crippen LogP contribution in [-0.2, 0) is 11.0 Å². The fourth-order valence-corrected chi connectivity index (χ4v) is 2.19. The predicted molar refractivity (Wildman–Crippen MR) is 75.6 cm³/mol. The molecular formula is C13H16BrF3N2O. The summed E-state index contributed by atoms with van der Waals surface area (Å²) in [5.74, 6) is -0.147. The van der Waals surface area contributed by atoms with Crippen molar-refractivity contribution in [2.75, 3.05) is 25.0 Å². The molecule has 3 nitrogen and oxygen atoms in total. The quantitative estimate of drug-likeness (QED) is 0.875. The molecule has 0 spiro atoms. The summed E-state index contributed by atoms with van der Waals surface area (Å²) >= 11 is 2.87. The monoisotopic (exact) mass is 352 g/mol. The zero-order valence-corrected chi connectivity index (χ0v) is 12.8. The zero-order chi connectivity index (χ0) is 15.3. The third-order valence-corrected chi connectivity index (χ3v) is 3.52. The summed E-state index contributed by atoms with van der Waals surface area (Å²) in [6, 6.07) is 3.79. The van der Waals surface area contributed by atoms with Crippen molar-refractivity contribution in [1.82, 2.24) is 4.90 Å².